The highest BCUT2D eigenvalue weighted by Crippen LogP contribution is 2.23. The minimum absolute atomic E-state index is 0.169. The largest absolute Gasteiger partial charge is 0.395 e. The molecular weight excluding hydrogens is 216 g/mol. The molecule has 4 nitrogen and oxygen atoms in total. The summed E-state index contributed by atoms with van der Waals surface area (Å²) in [4.78, 5) is 2.41. The molecule has 1 rings (SSSR count). The third-order valence-electron chi connectivity index (χ3n) is 3.63. The Morgan fingerprint density at radius 2 is 2.06 bits per heavy atom. The summed E-state index contributed by atoms with van der Waals surface area (Å²) in [6, 6.07) is 0.669. The quantitative estimate of drug-likeness (QED) is 0.635. The molecule has 0 aliphatic heterocycles. The first-order chi connectivity index (χ1) is 8.31. The van der Waals surface area contributed by atoms with Crippen molar-refractivity contribution in [2.45, 2.75) is 51.2 Å². The number of nitrogens with zero attached hydrogens (tertiary/aromatic N) is 1. The first-order valence-corrected chi connectivity index (χ1v) is 6.98. The van der Waals surface area contributed by atoms with Gasteiger partial charge >= 0.3 is 0 Å². The number of aliphatic hydroxyl groups excluding tert-OH is 1. The molecule has 0 heterocycles. The molecular formula is C13H28N2O2. The molecule has 1 unspecified atom stereocenters. The molecule has 1 aliphatic carbocycles. The lowest BCUT2D eigenvalue weighted by Gasteiger charge is -2.29. The van der Waals surface area contributed by atoms with Crippen LogP contribution < -0.4 is 5.73 Å². The van der Waals surface area contributed by atoms with E-state index in [-0.39, 0.29) is 12.7 Å². The monoisotopic (exact) mass is 244 g/mol. The Morgan fingerprint density at radius 3 is 2.59 bits per heavy atom. The second-order valence-corrected chi connectivity index (χ2v) is 4.80. The van der Waals surface area contributed by atoms with Crippen LogP contribution in [0, 0.1) is 0 Å². The van der Waals surface area contributed by atoms with Crippen LogP contribution in [0.3, 0.4) is 0 Å². The molecule has 0 amide bonds. The lowest BCUT2D eigenvalue weighted by Crippen LogP contribution is -2.39. The number of hydrogen-bond acceptors (Lipinski definition) is 4. The predicted octanol–water partition coefficient (Wildman–Crippen LogP) is 0.977. The van der Waals surface area contributed by atoms with Gasteiger partial charge in [0, 0.05) is 32.3 Å². The highest BCUT2D eigenvalue weighted by Gasteiger charge is 2.22. The van der Waals surface area contributed by atoms with Crippen LogP contribution in [0.2, 0.25) is 0 Å². The smallest absolute Gasteiger partial charge is 0.0709 e. The van der Waals surface area contributed by atoms with Crippen molar-refractivity contribution in [2.24, 2.45) is 5.73 Å². The van der Waals surface area contributed by atoms with Crippen molar-refractivity contribution in [2.75, 3.05) is 32.8 Å². The first-order valence-electron chi connectivity index (χ1n) is 6.98. The van der Waals surface area contributed by atoms with Crippen molar-refractivity contribution in [1.82, 2.24) is 4.90 Å². The summed E-state index contributed by atoms with van der Waals surface area (Å²) in [5, 5.41) is 9.13. The lowest BCUT2D eigenvalue weighted by atomic mass is 10.1. The van der Waals surface area contributed by atoms with E-state index in [4.69, 9.17) is 15.6 Å². The maximum atomic E-state index is 9.13. The summed E-state index contributed by atoms with van der Waals surface area (Å²) < 4.78 is 5.57. The fraction of sp³-hybridized carbons (Fsp3) is 1.00. The Balaban J connectivity index is 2.31. The van der Waals surface area contributed by atoms with Crippen LogP contribution in [0.25, 0.3) is 0 Å². The van der Waals surface area contributed by atoms with Gasteiger partial charge < -0.3 is 15.6 Å². The highest BCUT2D eigenvalue weighted by molar-refractivity contribution is 4.78. The van der Waals surface area contributed by atoms with E-state index in [1.165, 1.54) is 25.7 Å². The maximum absolute atomic E-state index is 9.13. The molecule has 0 aromatic carbocycles. The zero-order valence-electron chi connectivity index (χ0n) is 11.1. The second kappa shape index (κ2) is 8.86. The topological polar surface area (TPSA) is 58.7 Å². The fourth-order valence-electron chi connectivity index (χ4n) is 2.69. The number of ether oxygens (including phenoxy) is 1. The minimum atomic E-state index is 0.169. The zero-order valence-corrected chi connectivity index (χ0v) is 11.1. The summed E-state index contributed by atoms with van der Waals surface area (Å²) in [6.45, 7) is 5.35. The van der Waals surface area contributed by atoms with Crippen LogP contribution in [0.15, 0.2) is 0 Å². The van der Waals surface area contributed by atoms with Crippen molar-refractivity contribution < 1.29 is 9.84 Å². The van der Waals surface area contributed by atoms with Crippen molar-refractivity contribution in [3.8, 4) is 0 Å². The number of hydrogen-bond donors (Lipinski definition) is 2. The van der Waals surface area contributed by atoms with Gasteiger partial charge in [-0.1, -0.05) is 12.8 Å². The molecule has 0 radical (unpaired) electrons. The third kappa shape index (κ3) is 5.34. The van der Waals surface area contributed by atoms with Crippen LogP contribution in [-0.2, 0) is 4.74 Å². The van der Waals surface area contributed by atoms with Crippen LogP contribution in [-0.4, -0.2) is 55.0 Å². The predicted molar refractivity (Wildman–Crippen MR) is 70.0 cm³/mol. The van der Waals surface area contributed by atoms with Crippen molar-refractivity contribution in [1.29, 1.82) is 0 Å². The second-order valence-electron chi connectivity index (χ2n) is 4.80. The average molecular weight is 244 g/mol. The molecule has 0 saturated heterocycles. The summed E-state index contributed by atoms with van der Waals surface area (Å²) in [5.41, 5.74) is 5.68. The van der Waals surface area contributed by atoms with Gasteiger partial charge in [0.15, 0.2) is 0 Å². The lowest BCUT2D eigenvalue weighted by molar-refractivity contribution is 0.0470. The van der Waals surface area contributed by atoms with Gasteiger partial charge in [0.25, 0.3) is 0 Å². The van der Waals surface area contributed by atoms with Gasteiger partial charge in [-0.05, 0) is 26.2 Å². The van der Waals surface area contributed by atoms with Gasteiger partial charge in [0.2, 0.25) is 0 Å². The van der Waals surface area contributed by atoms with E-state index in [1.807, 2.05) is 6.92 Å². The summed E-state index contributed by atoms with van der Waals surface area (Å²) in [7, 11) is 0. The summed E-state index contributed by atoms with van der Waals surface area (Å²) in [6.07, 6.45) is 6.36. The molecule has 3 N–H and O–H groups in total. The van der Waals surface area contributed by atoms with Crippen molar-refractivity contribution in [3.63, 3.8) is 0 Å². The van der Waals surface area contributed by atoms with Crippen LogP contribution >= 0.6 is 0 Å². The van der Waals surface area contributed by atoms with Gasteiger partial charge in [0.1, 0.15) is 0 Å². The Bertz CT molecular complexity index is 184. The van der Waals surface area contributed by atoms with E-state index in [1.54, 1.807) is 0 Å². The SMILES string of the molecule is CCOC(CN)CCN(CCO)C1CCCC1. The fourth-order valence-corrected chi connectivity index (χ4v) is 2.69. The normalized spacial score (nSPS) is 19.1. The Morgan fingerprint density at radius 1 is 1.35 bits per heavy atom. The van der Waals surface area contributed by atoms with Crippen molar-refractivity contribution in [3.05, 3.63) is 0 Å². The molecule has 0 aromatic rings. The number of aliphatic hydroxyl groups is 1. The van der Waals surface area contributed by atoms with E-state index < -0.39 is 0 Å². The van der Waals surface area contributed by atoms with Crippen LogP contribution in [0.1, 0.15) is 39.0 Å². The van der Waals surface area contributed by atoms with E-state index in [0.717, 1.165) is 26.1 Å². The van der Waals surface area contributed by atoms with E-state index in [9.17, 15) is 0 Å². The van der Waals surface area contributed by atoms with Crippen molar-refractivity contribution >= 4 is 0 Å². The number of rotatable bonds is 9. The molecule has 102 valence electrons. The molecule has 0 aromatic heterocycles. The molecule has 1 atom stereocenters. The third-order valence-corrected chi connectivity index (χ3v) is 3.63. The Kier molecular flexibility index (Phi) is 7.77. The molecule has 1 fully saturated rings. The molecule has 1 aliphatic rings. The molecule has 0 spiro atoms. The first kappa shape index (κ1) is 14.9. The van der Waals surface area contributed by atoms with Crippen LogP contribution in [0.5, 0.6) is 0 Å². The van der Waals surface area contributed by atoms with E-state index in [2.05, 4.69) is 4.90 Å². The van der Waals surface area contributed by atoms with Crippen LogP contribution in [0.4, 0.5) is 0 Å². The Labute approximate surface area is 105 Å². The molecule has 0 bridgehead atoms. The number of nitrogens with two attached hydrogens (primary N) is 1. The van der Waals surface area contributed by atoms with Gasteiger partial charge in [-0.2, -0.15) is 0 Å². The van der Waals surface area contributed by atoms with Gasteiger partial charge in [0.05, 0.1) is 12.7 Å². The summed E-state index contributed by atoms with van der Waals surface area (Å²) in [5.74, 6) is 0. The van der Waals surface area contributed by atoms with Gasteiger partial charge in [-0.15, -0.1) is 0 Å². The minimum Gasteiger partial charge on any atom is -0.395 e. The summed E-state index contributed by atoms with van der Waals surface area (Å²) >= 11 is 0. The van der Waals surface area contributed by atoms with Gasteiger partial charge in [-0.3, -0.25) is 4.90 Å². The zero-order chi connectivity index (χ0) is 12.5. The average Bonchev–Trinajstić information content (AvgIpc) is 2.86. The molecule has 17 heavy (non-hydrogen) atoms. The van der Waals surface area contributed by atoms with Gasteiger partial charge in [-0.25, -0.2) is 0 Å². The van der Waals surface area contributed by atoms with E-state index >= 15 is 0 Å². The maximum Gasteiger partial charge on any atom is 0.0709 e. The van der Waals surface area contributed by atoms with E-state index in [0.29, 0.717) is 12.6 Å². The molecule has 1 saturated carbocycles. The highest BCUT2D eigenvalue weighted by atomic mass is 16.5. The molecule has 4 heteroatoms. The Hall–Kier alpha value is -0.160. The standard InChI is InChI=1S/C13H28N2O2/c1-2-17-13(11-14)7-8-15(9-10-16)12-5-3-4-6-12/h12-13,16H,2-11,14H2,1H3.